The molecule has 96 valence electrons. The standard InChI is InChI=1S/C14H25N3/c1-5-13-10(3)16-17(11(13)4)9-14(15-6-2)12-7-8-12/h12,14-15H,5-9H2,1-4H3. The molecule has 1 aliphatic rings. The lowest BCUT2D eigenvalue weighted by Crippen LogP contribution is -2.35. The molecule has 1 aromatic rings. The fraction of sp³-hybridized carbons (Fsp3) is 0.786. The van der Waals surface area contributed by atoms with E-state index < -0.39 is 0 Å². The highest BCUT2D eigenvalue weighted by molar-refractivity contribution is 5.24. The molecule has 1 fully saturated rings. The van der Waals surface area contributed by atoms with Crippen molar-refractivity contribution in [2.75, 3.05) is 6.54 Å². The molecule has 0 bridgehead atoms. The van der Waals surface area contributed by atoms with Crippen LogP contribution >= 0.6 is 0 Å². The van der Waals surface area contributed by atoms with Crippen molar-refractivity contribution in [3.63, 3.8) is 0 Å². The molecule has 1 saturated carbocycles. The van der Waals surface area contributed by atoms with E-state index in [-0.39, 0.29) is 0 Å². The lowest BCUT2D eigenvalue weighted by Gasteiger charge is -2.18. The van der Waals surface area contributed by atoms with Crippen molar-refractivity contribution >= 4 is 0 Å². The van der Waals surface area contributed by atoms with E-state index in [1.54, 1.807) is 0 Å². The summed E-state index contributed by atoms with van der Waals surface area (Å²) in [5, 5.41) is 8.30. The predicted octanol–water partition coefficient (Wildman–Crippen LogP) is 2.45. The first-order chi connectivity index (χ1) is 8.17. The van der Waals surface area contributed by atoms with Gasteiger partial charge < -0.3 is 5.32 Å². The Bertz CT molecular complexity index is 377. The topological polar surface area (TPSA) is 29.9 Å². The largest absolute Gasteiger partial charge is 0.312 e. The summed E-state index contributed by atoms with van der Waals surface area (Å²) in [7, 11) is 0. The number of likely N-dealkylation sites (N-methyl/N-ethyl adjacent to an activating group) is 1. The van der Waals surface area contributed by atoms with Gasteiger partial charge in [0, 0.05) is 11.7 Å². The van der Waals surface area contributed by atoms with Gasteiger partial charge in [0.15, 0.2) is 0 Å². The third kappa shape index (κ3) is 2.71. The van der Waals surface area contributed by atoms with Gasteiger partial charge in [0.25, 0.3) is 0 Å². The van der Waals surface area contributed by atoms with E-state index in [4.69, 9.17) is 0 Å². The van der Waals surface area contributed by atoms with Gasteiger partial charge in [0.2, 0.25) is 0 Å². The number of nitrogens with one attached hydrogen (secondary N) is 1. The molecule has 17 heavy (non-hydrogen) atoms. The van der Waals surface area contributed by atoms with E-state index in [0.29, 0.717) is 6.04 Å². The van der Waals surface area contributed by atoms with E-state index in [0.717, 1.165) is 25.4 Å². The molecular weight excluding hydrogens is 210 g/mol. The molecule has 1 heterocycles. The molecule has 1 atom stereocenters. The molecule has 0 aliphatic heterocycles. The molecule has 0 radical (unpaired) electrons. The van der Waals surface area contributed by atoms with Crippen LogP contribution in [0.2, 0.25) is 0 Å². The fourth-order valence-corrected chi connectivity index (χ4v) is 2.75. The molecule has 0 amide bonds. The van der Waals surface area contributed by atoms with Crippen molar-refractivity contribution in [3.8, 4) is 0 Å². The second-order valence-electron chi connectivity index (χ2n) is 5.19. The van der Waals surface area contributed by atoms with E-state index in [2.05, 4.69) is 42.8 Å². The maximum Gasteiger partial charge on any atom is 0.0628 e. The van der Waals surface area contributed by atoms with Gasteiger partial charge >= 0.3 is 0 Å². The molecule has 3 heteroatoms. The lowest BCUT2D eigenvalue weighted by molar-refractivity contribution is 0.392. The van der Waals surface area contributed by atoms with Gasteiger partial charge in [0.05, 0.1) is 12.2 Å². The smallest absolute Gasteiger partial charge is 0.0628 e. The molecule has 0 saturated heterocycles. The summed E-state index contributed by atoms with van der Waals surface area (Å²) >= 11 is 0. The summed E-state index contributed by atoms with van der Waals surface area (Å²) in [5.41, 5.74) is 3.99. The summed E-state index contributed by atoms with van der Waals surface area (Å²) in [6.07, 6.45) is 3.86. The van der Waals surface area contributed by atoms with Gasteiger partial charge in [-0.1, -0.05) is 13.8 Å². The second-order valence-corrected chi connectivity index (χ2v) is 5.19. The van der Waals surface area contributed by atoms with Crippen molar-refractivity contribution in [2.45, 2.75) is 59.5 Å². The molecule has 1 unspecified atom stereocenters. The third-order valence-corrected chi connectivity index (χ3v) is 3.91. The van der Waals surface area contributed by atoms with Crippen molar-refractivity contribution in [1.29, 1.82) is 0 Å². The van der Waals surface area contributed by atoms with E-state index >= 15 is 0 Å². The molecule has 3 nitrogen and oxygen atoms in total. The SMILES string of the molecule is CCNC(Cn1nc(C)c(CC)c1C)C1CC1. The second kappa shape index (κ2) is 5.21. The van der Waals surface area contributed by atoms with Gasteiger partial charge in [-0.3, -0.25) is 4.68 Å². The Hall–Kier alpha value is -0.830. The van der Waals surface area contributed by atoms with Gasteiger partial charge in [-0.05, 0) is 51.1 Å². The van der Waals surface area contributed by atoms with Crippen molar-refractivity contribution in [2.24, 2.45) is 5.92 Å². The molecule has 1 N–H and O–H groups in total. The molecule has 1 aromatic heterocycles. The maximum absolute atomic E-state index is 4.69. The highest BCUT2D eigenvalue weighted by Gasteiger charge is 2.31. The van der Waals surface area contributed by atoms with Crippen LogP contribution in [0.3, 0.4) is 0 Å². The van der Waals surface area contributed by atoms with Crippen LogP contribution < -0.4 is 5.32 Å². The minimum atomic E-state index is 0.614. The van der Waals surface area contributed by atoms with Crippen molar-refractivity contribution in [1.82, 2.24) is 15.1 Å². The van der Waals surface area contributed by atoms with Crippen molar-refractivity contribution in [3.05, 3.63) is 17.0 Å². The van der Waals surface area contributed by atoms with E-state index in [1.807, 2.05) is 0 Å². The zero-order chi connectivity index (χ0) is 12.4. The van der Waals surface area contributed by atoms with Crippen LogP contribution in [0.5, 0.6) is 0 Å². The normalized spacial score (nSPS) is 17.4. The number of hydrogen-bond donors (Lipinski definition) is 1. The number of rotatable bonds is 6. The monoisotopic (exact) mass is 235 g/mol. The average Bonchev–Trinajstić information content (AvgIpc) is 3.08. The van der Waals surface area contributed by atoms with Crippen LogP contribution in [0.15, 0.2) is 0 Å². The Kier molecular flexibility index (Phi) is 3.87. The Balaban J connectivity index is 2.11. The first-order valence-electron chi connectivity index (χ1n) is 6.93. The maximum atomic E-state index is 4.69. The minimum Gasteiger partial charge on any atom is -0.312 e. The van der Waals surface area contributed by atoms with Crippen LogP contribution in [0, 0.1) is 19.8 Å². The Morgan fingerprint density at radius 1 is 1.35 bits per heavy atom. The summed E-state index contributed by atoms with van der Waals surface area (Å²) < 4.78 is 2.21. The Morgan fingerprint density at radius 2 is 2.06 bits per heavy atom. The van der Waals surface area contributed by atoms with Gasteiger partial charge in [-0.25, -0.2) is 0 Å². The van der Waals surface area contributed by atoms with Crippen molar-refractivity contribution < 1.29 is 0 Å². The number of aromatic nitrogens is 2. The highest BCUT2D eigenvalue weighted by Crippen LogP contribution is 2.33. The van der Waals surface area contributed by atoms with Crippen LogP contribution in [0.4, 0.5) is 0 Å². The molecule has 2 rings (SSSR count). The molecule has 0 spiro atoms. The average molecular weight is 235 g/mol. The van der Waals surface area contributed by atoms with E-state index in [1.165, 1.54) is 29.8 Å². The zero-order valence-corrected chi connectivity index (χ0v) is 11.6. The quantitative estimate of drug-likeness (QED) is 0.821. The van der Waals surface area contributed by atoms with Crippen LogP contribution in [0.25, 0.3) is 0 Å². The first kappa shape index (κ1) is 12.6. The summed E-state index contributed by atoms with van der Waals surface area (Å²) in [4.78, 5) is 0. The minimum absolute atomic E-state index is 0.614. The Labute approximate surface area is 105 Å². The first-order valence-corrected chi connectivity index (χ1v) is 6.93. The van der Waals surface area contributed by atoms with Crippen LogP contribution in [0.1, 0.15) is 43.6 Å². The lowest BCUT2D eigenvalue weighted by atomic mass is 10.1. The third-order valence-electron chi connectivity index (χ3n) is 3.91. The van der Waals surface area contributed by atoms with Gasteiger partial charge in [0.1, 0.15) is 0 Å². The zero-order valence-electron chi connectivity index (χ0n) is 11.6. The van der Waals surface area contributed by atoms with Gasteiger partial charge in [-0.15, -0.1) is 0 Å². The summed E-state index contributed by atoms with van der Waals surface area (Å²) in [5.74, 6) is 0.879. The summed E-state index contributed by atoms with van der Waals surface area (Å²) in [6.45, 7) is 10.8. The fourth-order valence-electron chi connectivity index (χ4n) is 2.75. The van der Waals surface area contributed by atoms with E-state index in [9.17, 15) is 0 Å². The van der Waals surface area contributed by atoms with Gasteiger partial charge in [-0.2, -0.15) is 5.10 Å². The summed E-state index contributed by atoms with van der Waals surface area (Å²) in [6, 6.07) is 0.614. The Morgan fingerprint density at radius 3 is 2.53 bits per heavy atom. The number of hydrogen-bond acceptors (Lipinski definition) is 2. The molecule has 0 aromatic carbocycles. The molecule has 1 aliphatic carbocycles. The number of nitrogens with zero attached hydrogens (tertiary/aromatic N) is 2. The number of aryl methyl sites for hydroxylation is 1. The molecular formula is C14H25N3. The predicted molar refractivity (Wildman–Crippen MR) is 71.3 cm³/mol. The van der Waals surface area contributed by atoms with Crippen LogP contribution in [-0.4, -0.2) is 22.4 Å². The highest BCUT2D eigenvalue weighted by atomic mass is 15.3. The van der Waals surface area contributed by atoms with Crippen LogP contribution in [-0.2, 0) is 13.0 Å².